The molecule has 270 valence electrons. The van der Waals surface area contributed by atoms with E-state index in [-0.39, 0.29) is 30.0 Å². The number of amides is 1. The highest BCUT2D eigenvalue weighted by Gasteiger charge is 2.32. The van der Waals surface area contributed by atoms with Crippen molar-refractivity contribution < 1.29 is 36.2 Å². The van der Waals surface area contributed by atoms with Gasteiger partial charge in [-0.1, -0.05) is 24.3 Å². The zero-order valence-corrected chi connectivity index (χ0v) is 28.1. The number of carbonyl (C=O) groups excluding carboxylic acids is 1. The van der Waals surface area contributed by atoms with Crippen molar-refractivity contribution >= 4 is 22.6 Å². The van der Waals surface area contributed by atoms with Gasteiger partial charge in [-0.2, -0.15) is 5.10 Å². The summed E-state index contributed by atoms with van der Waals surface area (Å²) in [4.78, 5) is 20.7. The van der Waals surface area contributed by atoms with E-state index in [1.165, 1.54) is 12.1 Å². The normalized spacial score (nSPS) is 19.0. The minimum absolute atomic E-state index is 0.0505. The SMILES string of the molecule is [C-]#[N+]c1ccc(-n2cc(CN3CC[C@@H](Oc4ccc5oc(C(=O)NC6CCN(Cc7ccc(OC(F)(F)F)cc7)CC6)cc5c4)[C@H](F)C3)cn2)cc1. The van der Waals surface area contributed by atoms with Gasteiger partial charge >= 0.3 is 6.36 Å². The van der Waals surface area contributed by atoms with Gasteiger partial charge in [0.25, 0.3) is 5.91 Å². The molecule has 0 bridgehead atoms. The van der Waals surface area contributed by atoms with E-state index in [2.05, 4.69) is 24.9 Å². The molecule has 1 amide bonds. The monoisotopic (exact) mass is 716 g/mol. The highest BCUT2D eigenvalue weighted by Crippen LogP contribution is 2.29. The van der Waals surface area contributed by atoms with Gasteiger partial charge < -0.3 is 19.2 Å². The zero-order valence-electron chi connectivity index (χ0n) is 28.1. The Morgan fingerprint density at radius 3 is 2.35 bits per heavy atom. The van der Waals surface area contributed by atoms with Gasteiger partial charge in [0.15, 0.2) is 11.4 Å². The second-order valence-electron chi connectivity index (χ2n) is 13.1. The maximum absolute atomic E-state index is 15.3. The Kier molecular flexibility index (Phi) is 10.2. The van der Waals surface area contributed by atoms with E-state index in [0.717, 1.165) is 16.8 Å². The van der Waals surface area contributed by atoms with E-state index in [4.69, 9.17) is 15.7 Å². The Hall–Kier alpha value is -5.39. The highest BCUT2D eigenvalue weighted by molar-refractivity contribution is 5.96. The number of likely N-dealkylation sites (tertiary alicyclic amines) is 2. The summed E-state index contributed by atoms with van der Waals surface area (Å²) < 4.78 is 70.2. The molecule has 2 aromatic heterocycles. The molecule has 2 fully saturated rings. The summed E-state index contributed by atoms with van der Waals surface area (Å²) in [5.74, 6) is 0.104. The molecule has 7 rings (SSSR count). The number of alkyl halides is 4. The largest absolute Gasteiger partial charge is 0.573 e. The lowest BCUT2D eigenvalue weighted by Gasteiger charge is -2.34. The fraction of sp³-hybridized carbons (Fsp3) is 0.342. The van der Waals surface area contributed by atoms with Crippen LogP contribution in [0.2, 0.25) is 0 Å². The second-order valence-corrected chi connectivity index (χ2v) is 13.1. The van der Waals surface area contributed by atoms with Gasteiger partial charge in [0.1, 0.15) is 29.4 Å². The second kappa shape index (κ2) is 15.1. The number of carbonyl (C=O) groups is 1. The van der Waals surface area contributed by atoms with Crippen LogP contribution in [-0.2, 0) is 13.1 Å². The number of benzene rings is 3. The first-order valence-corrected chi connectivity index (χ1v) is 17.0. The lowest BCUT2D eigenvalue weighted by molar-refractivity contribution is -0.274. The third-order valence-electron chi connectivity index (χ3n) is 9.34. The van der Waals surface area contributed by atoms with Crippen LogP contribution in [0.25, 0.3) is 21.5 Å². The molecule has 2 saturated heterocycles. The van der Waals surface area contributed by atoms with Crippen LogP contribution in [-0.4, -0.2) is 76.3 Å². The van der Waals surface area contributed by atoms with Gasteiger partial charge in [-0.15, -0.1) is 13.2 Å². The molecule has 4 heterocycles. The van der Waals surface area contributed by atoms with E-state index in [9.17, 15) is 18.0 Å². The zero-order chi connectivity index (χ0) is 36.2. The van der Waals surface area contributed by atoms with Crippen molar-refractivity contribution in [2.24, 2.45) is 0 Å². The van der Waals surface area contributed by atoms with E-state index in [1.54, 1.807) is 59.4 Å². The van der Waals surface area contributed by atoms with Gasteiger partial charge in [0.05, 0.1) is 18.5 Å². The number of nitrogens with one attached hydrogen (secondary N) is 1. The first kappa shape index (κ1) is 35.0. The Balaban J connectivity index is 0.867. The van der Waals surface area contributed by atoms with E-state index < -0.39 is 18.6 Å². The van der Waals surface area contributed by atoms with Crippen molar-refractivity contribution in [3.63, 3.8) is 0 Å². The molecule has 0 radical (unpaired) electrons. The van der Waals surface area contributed by atoms with Crippen LogP contribution in [0.3, 0.4) is 0 Å². The molecule has 52 heavy (non-hydrogen) atoms. The minimum Gasteiger partial charge on any atom is -0.487 e. The predicted octanol–water partition coefficient (Wildman–Crippen LogP) is 7.45. The average molecular weight is 717 g/mol. The number of nitrogens with zero attached hydrogens (tertiary/aromatic N) is 5. The third-order valence-corrected chi connectivity index (χ3v) is 9.34. The van der Waals surface area contributed by atoms with Gasteiger partial charge in [0, 0.05) is 62.5 Å². The molecule has 2 aliphatic heterocycles. The summed E-state index contributed by atoms with van der Waals surface area (Å²) in [5, 5.41) is 8.15. The Labute approximate surface area is 297 Å². The van der Waals surface area contributed by atoms with Crippen molar-refractivity contribution in [3.8, 4) is 17.2 Å². The first-order valence-electron chi connectivity index (χ1n) is 17.0. The van der Waals surface area contributed by atoms with E-state index in [0.29, 0.717) is 74.4 Å². The molecule has 3 aromatic carbocycles. The number of piperidine rings is 2. The standard InChI is InChI=1S/C38H36F4N6O4/c1-43-28-4-6-30(7-5-28)48-23-26(20-44-48)22-47-17-14-35(33(39)24-47)50-32-10-11-34-27(18-32)19-36(51-34)37(49)45-29-12-15-46(16-13-29)21-25-2-8-31(9-3-25)52-38(40,41)42/h2-11,18-20,23,29,33,35H,12-17,21-22,24H2,(H,45,49)/t33-,35-/m1/s1. The number of furan rings is 1. The number of ether oxygens (including phenoxy) is 2. The lowest BCUT2D eigenvalue weighted by atomic mass is 10.0. The van der Waals surface area contributed by atoms with Crippen LogP contribution in [0.5, 0.6) is 11.5 Å². The van der Waals surface area contributed by atoms with Crippen molar-refractivity contribution in [2.75, 3.05) is 26.2 Å². The summed E-state index contributed by atoms with van der Waals surface area (Å²) in [5.41, 5.74) is 3.77. The summed E-state index contributed by atoms with van der Waals surface area (Å²) in [6.45, 7) is 10.5. The minimum atomic E-state index is -4.72. The Morgan fingerprint density at radius 2 is 1.63 bits per heavy atom. The molecule has 14 heteroatoms. The maximum atomic E-state index is 15.3. The Bertz CT molecular complexity index is 2030. The summed E-state index contributed by atoms with van der Waals surface area (Å²) in [6.07, 6.45) is -0.916. The van der Waals surface area contributed by atoms with Crippen LogP contribution in [0.4, 0.5) is 23.2 Å². The van der Waals surface area contributed by atoms with Crippen LogP contribution in [0.1, 0.15) is 40.9 Å². The van der Waals surface area contributed by atoms with Gasteiger partial charge in [-0.05, 0) is 73.4 Å². The molecular formula is C38H36F4N6O4. The van der Waals surface area contributed by atoms with Gasteiger partial charge in [0.2, 0.25) is 0 Å². The number of halogens is 4. The molecule has 5 aromatic rings. The van der Waals surface area contributed by atoms with Crippen LogP contribution >= 0.6 is 0 Å². The quantitative estimate of drug-likeness (QED) is 0.119. The van der Waals surface area contributed by atoms with Crippen LogP contribution in [0.15, 0.2) is 89.6 Å². The predicted molar refractivity (Wildman–Crippen MR) is 184 cm³/mol. The van der Waals surface area contributed by atoms with Crippen molar-refractivity contribution in [1.29, 1.82) is 0 Å². The number of hydrogen-bond donors (Lipinski definition) is 1. The molecule has 0 spiro atoms. The van der Waals surface area contributed by atoms with Crippen molar-refractivity contribution in [2.45, 2.75) is 57.0 Å². The fourth-order valence-electron chi connectivity index (χ4n) is 6.67. The van der Waals surface area contributed by atoms with E-state index in [1.807, 2.05) is 23.2 Å². The Morgan fingerprint density at radius 1 is 0.923 bits per heavy atom. The first-order chi connectivity index (χ1) is 25.1. The molecule has 2 atom stereocenters. The van der Waals surface area contributed by atoms with Crippen molar-refractivity contribution in [1.82, 2.24) is 24.9 Å². The molecule has 0 unspecified atom stereocenters. The topological polar surface area (TPSA) is 89.4 Å². The molecule has 10 nitrogen and oxygen atoms in total. The maximum Gasteiger partial charge on any atom is 0.573 e. The number of aromatic nitrogens is 2. The van der Waals surface area contributed by atoms with Crippen LogP contribution < -0.4 is 14.8 Å². The molecule has 0 aliphatic carbocycles. The van der Waals surface area contributed by atoms with Gasteiger partial charge in [-0.25, -0.2) is 13.9 Å². The number of hydrogen-bond acceptors (Lipinski definition) is 7. The molecular weight excluding hydrogens is 680 g/mol. The molecule has 1 N–H and O–H groups in total. The third kappa shape index (κ3) is 8.72. The molecule has 2 aliphatic rings. The summed E-state index contributed by atoms with van der Waals surface area (Å²) in [7, 11) is 0. The lowest BCUT2D eigenvalue weighted by Crippen LogP contribution is -2.46. The van der Waals surface area contributed by atoms with E-state index >= 15 is 4.39 Å². The molecule has 0 saturated carbocycles. The summed E-state index contributed by atoms with van der Waals surface area (Å²) in [6, 6.07) is 19.8. The van der Waals surface area contributed by atoms with Crippen molar-refractivity contribution in [3.05, 3.63) is 113 Å². The highest BCUT2D eigenvalue weighted by atomic mass is 19.4. The summed E-state index contributed by atoms with van der Waals surface area (Å²) >= 11 is 0. The number of rotatable bonds is 10. The fourth-order valence-corrected chi connectivity index (χ4v) is 6.67. The smallest absolute Gasteiger partial charge is 0.487 e. The van der Waals surface area contributed by atoms with Gasteiger partial charge in [-0.3, -0.25) is 14.6 Å². The van der Waals surface area contributed by atoms with Crippen LogP contribution in [0, 0.1) is 6.57 Å². The average Bonchev–Trinajstić information content (AvgIpc) is 3.78. The number of fused-ring (bicyclic) bond motifs is 1.